The van der Waals surface area contributed by atoms with Gasteiger partial charge < -0.3 is 9.63 Å². The Morgan fingerprint density at radius 3 is 2.21 bits per heavy atom. The molecule has 5 heteroatoms. The Morgan fingerprint density at radius 1 is 1.11 bits per heavy atom. The number of allylic oxidation sites excluding steroid dienone is 1. The third-order valence-electron chi connectivity index (χ3n) is 3.57. The molecule has 112 valence electrons. The molecule has 1 fully saturated rings. The Morgan fingerprint density at radius 2 is 1.68 bits per heavy atom. The largest absolute Gasteiger partial charge is 0.631 e. The molecule has 0 N–H and O–H groups in total. The number of ether oxygens (including phenoxy) is 1. The summed E-state index contributed by atoms with van der Waals surface area (Å²) >= 11 is 0. The predicted octanol–water partition coefficient (Wildman–Crippen LogP) is 3.09. The lowest BCUT2D eigenvalue weighted by Gasteiger charge is -2.25. The van der Waals surface area contributed by atoms with Crippen LogP contribution in [-0.2, 0) is 13.8 Å². The van der Waals surface area contributed by atoms with Crippen molar-refractivity contribution in [3.8, 4) is 0 Å². The van der Waals surface area contributed by atoms with E-state index in [4.69, 9.17) is 13.8 Å². The van der Waals surface area contributed by atoms with Gasteiger partial charge in [-0.1, -0.05) is 12.2 Å². The second kappa shape index (κ2) is 6.64. The summed E-state index contributed by atoms with van der Waals surface area (Å²) in [5.41, 5.74) is -1.04. The molecule has 1 heterocycles. The highest BCUT2D eigenvalue weighted by atomic mass is 31.2. The summed E-state index contributed by atoms with van der Waals surface area (Å²) in [6, 6.07) is 0. The van der Waals surface area contributed by atoms with Crippen molar-refractivity contribution in [3.05, 3.63) is 12.2 Å². The maximum atomic E-state index is 12.5. The van der Waals surface area contributed by atoms with Crippen molar-refractivity contribution >= 4 is 7.94 Å². The minimum atomic E-state index is -2.97. The van der Waals surface area contributed by atoms with Crippen molar-refractivity contribution < 1.29 is 18.7 Å². The number of hydrogen-bond donors (Lipinski definition) is 0. The van der Waals surface area contributed by atoms with Gasteiger partial charge in [-0.25, -0.2) is 9.05 Å². The quantitative estimate of drug-likeness (QED) is 0.411. The van der Waals surface area contributed by atoms with E-state index in [2.05, 4.69) is 6.08 Å². The van der Waals surface area contributed by atoms with Crippen molar-refractivity contribution in [3.63, 3.8) is 0 Å². The molecule has 0 atom stereocenters. The topological polar surface area (TPSA) is 50.8 Å². The van der Waals surface area contributed by atoms with Gasteiger partial charge in [0.05, 0.1) is 13.2 Å². The normalized spacial score (nSPS) is 24.1. The molecule has 1 saturated heterocycles. The average Bonchev–Trinajstić information content (AvgIpc) is 2.42. The minimum Gasteiger partial charge on any atom is -0.631 e. The van der Waals surface area contributed by atoms with E-state index in [1.165, 1.54) is 0 Å². The summed E-state index contributed by atoms with van der Waals surface area (Å²) in [6.45, 7) is 11.0. The molecule has 19 heavy (non-hydrogen) atoms. The van der Waals surface area contributed by atoms with Gasteiger partial charge in [-0.15, -0.1) is 0 Å². The van der Waals surface area contributed by atoms with Crippen LogP contribution >= 0.6 is 7.94 Å². The molecule has 1 aliphatic rings. The Kier molecular flexibility index (Phi) is 5.96. The molecule has 0 aliphatic carbocycles. The third kappa shape index (κ3) is 4.80. The predicted molar refractivity (Wildman–Crippen MR) is 77.0 cm³/mol. The molecule has 1 rings (SSSR count). The Labute approximate surface area is 117 Å². The summed E-state index contributed by atoms with van der Waals surface area (Å²) in [6.07, 6.45) is 6.10. The van der Waals surface area contributed by atoms with Crippen LogP contribution in [0.15, 0.2) is 12.2 Å². The van der Waals surface area contributed by atoms with Gasteiger partial charge in [0, 0.05) is 6.42 Å². The van der Waals surface area contributed by atoms with Crippen LogP contribution in [0, 0.1) is 0 Å². The molecule has 0 radical (unpaired) electrons. The third-order valence-corrected chi connectivity index (χ3v) is 5.90. The molecule has 0 saturated carbocycles. The van der Waals surface area contributed by atoms with Crippen molar-refractivity contribution in [2.24, 2.45) is 0 Å². The zero-order valence-corrected chi connectivity index (χ0v) is 13.7. The first-order valence-electron chi connectivity index (χ1n) is 6.92. The summed E-state index contributed by atoms with van der Waals surface area (Å²) in [5.74, 6) is 0. The van der Waals surface area contributed by atoms with Gasteiger partial charge in [-0.2, -0.15) is 0 Å². The lowest BCUT2D eigenvalue weighted by Crippen LogP contribution is -2.41. The van der Waals surface area contributed by atoms with Gasteiger partial charge in [0.25, 0.3) is 0 Å². The molecule has 0 unspecified atom stereocenters. The minimum absolute atomic E-state index is 0.420. The molecule has 0 bridgehead atoms. The van der Waals surface area contributed by atoms with Crippen molar-refractivity contribution in [1.82, 2.24) is 0 Å². The monoisotopic (exact) mass is 290 g/mol. The molecular weight excluding hydrogens is 263 g/mol. The summed E-state index contributed by atoms with van der Waals surface area (Å²) in [5, 5.41) is 0. The fourth-order valence-electron chi connectivity index (χ4n) is 1.81. The second-order valence-corrected chi connectivity index (χ2v) is 7.90. The maximum absolute atomic E-state index is 12.5. The van der Waals surface area contributed by atoms with Crippen LogP contribution in [0.1, 0.15) is 47.5 Å². The molecule has 0 aromatic heterocycles. The molecule has 0 amide bonds. The van der Waals surface area contributed by atoms with Crippen molar-refractivity contribution in [2.75, 3.05) is 19.4 Å². The van der Waals surface area contributed by atoms with Gasteiger partial charge in [0.1, 0.15) is 17.4 Å². The van der Waals surface area contributed by atoms with E-state index in [1.54, 1.807) is 0 Å². The second-order valence-electron chi connectivity index (χ2n) is 5.86. The van der Waals surface area contributed by atoms with Crippen molar-refractivity contribution in [1.29, 1.82) is 0 Å². The Balaban J connectivity index is 2.26. The lowest BCUT2D eigenvalue weighted by molar-refractivity contribution is -0.212. The zero-order valence-electron chi connectivity index (χ0n) is 12.8. The smallest absolute Gasteiger partial charge is 0.239 e. The van der Waals surface area contributed by atoms with Crippen LogP contribution in [0.3, 0.4) is 0 Å². The fourth-order valence-corrected chi connectivity index (χ4v) is 4.37. The van der Waals surface area contributed by atoms with E-state index in [1.807, 2.05) is 40.7 Å². The summed E-state index contributed by atoms with van der Waals surface area (Å²) < 4.78 is 16.8. The molecule has 4 nitrogen and oxygen atoms in total. The first-order valence-corrected chi connectivity index (χ1v) is 8.65. The van der Waals surface area contributed by atoms with Crippen LogP contribution in [0.4, 0.5) is 0 Å². The fraction of sp³-hybridized carbons (Fsp3) is 0.857. The van der Waals surface area contributed by atoms with Gasteiger partial charge in [-0.05, 0) is 41.0 Å². The van der Waals surface area contributed by atoms with E-state index in [0.717, 1.165) is 6.42 Å². The summed E-state index contributed by atoms with van der Waals surface area (Å²) in [4.78, 5) is 12.5. The van der Waals surface area contributed by atoms with Crippen LogP contribution < -0.4 is 4.89 Å². The molecule has 0 aromatic rings. The highest BCUT2D eigenvalue weighted by Gasteiger charge is 2.59. The number of hydrogen-bond acceptors (Lipinski definition) is 4. The van der Waals surface area contributed by atoms with Gasteiger partial charge in [-0.3, -0.25) is 0 Å². The van der Waals surface area contributed by atoms with E-state index >= 15 is 0 Å². The van der Waals surface area contributed by atoms with Crippen LogP contribution in [0.5, 0.6) is 0 Å². The highest BCUT2D eigenvalue weighted by molar-refractivity contribution is 7.59. The maximum Gasteiger partial charge on any atom is 0.239 e. The first kappa shape index (κ1) is 17.1. The van der Waals surface area contributed by atoms with Crippen LogP contribution in [0.2, 0.25) is 0 Å². The summed E-state index contributed by atoms with van der Waals surface area (Å²) in [7, 11) is -2.97. The highest BCUT2D eigenvalue weighted by Crippen LogP contribution is 2.66. The Hall–Kier alpha value is 0.0100. The van der Waals surface area contributed by atoms with E-state index < -0.39 is 19.1 Å². The van der Waals surface area contributed by atoms with Crippen LogP contribution in [0.25, 0.3) is 0 Å². The molecule has 0 aromatic carbocycles. The van der Waals surface area contributed by atoms with E-state index in [0.29, 0.717) is 25.8 Å². The SMILES string of the molecule is C/C=C/CCOCCC[P+]1([O-])OC(C)(C)C(C)(C)O1. The first-order chi connectivity index (χ1) is 8.72. The average molecular weight is 290 g/mol. The molecule has 1 aliphatic heterocycles. The molecule has 0 spiro atoms. The number of rotatable bonds is 7. The lowest BCUT2D eigenvalue weighted by atomic mass is 9.90. The van der Waals surface area contributed by atoms with Crippen LogP contribution in [-0.4, -0.2) is 30.6 Å². The standard InChI is InChI=1S/C14H27O4P/c1-6-7-8-10-16-11-9-12-19(15)17-13(2,3)14(4,5)18-19/h6-7H,8-12H2,1-5H3/b7-6+. The zero-order chi connectivity index (χ0) is 14.6. The van der Waals surface area contributed by atoms with Gasteiger partial charge in [0.2, 0.25) is 7.94 Å². The van der Waals surface area contributed by atoms with E-state index in [-0.39, 0.29) is 0 Å². The van der Waals surface area contributed by atoms with Gasteiger partial charge in [0.15, 0.2) is 0 Å². The Bertz CT molecular complexity index is 297. The van der Waals surface area contributed by atoms with Gasteiger partial charge >= 0.3 is 0 Å². The molecular formula is C14H27O4P. The van der Waals surface area contributed by atoms with E-state index in [9.17, 15) is 4.89 Å². The van der Waals surface area contributed by atoms with Crippen molar-refractivity contribution in [2.45, 2.75) is 58.7 Å².